The monoisotopic (exact) mass is 704 g/mol. The van der Waals surface area contributed by atoms with Gasteiger partial charge in [0.1, 0.15) is 22.8 Å². The maximum absolute atomic E-state index is 14.9. The van der Waals surface area contributed by atoms with E-state index in [1.165, 1.54) is 12.1 Å². The molecule has 0 saturated heterocycles. The first-order valence-electron chi connectivity index (χ1n) is 16.7. The van der Waals surface area contributed by atoms with E-state index in [-0.39, 0.29) is 23.0 Å². The van der Waals surface area contributed by atoms with Crippen LogP contribution in [0.5, 0.6) is 0 Å². The quantitative estimate of drug-likeness (QED) is 0.133. The van der Waals surface area contributed by atoms with E-state index < -0.39 is 34.7 Å². The zero-order valence-electron chi connectivity index (χ0n) is 28.2. The Labute approximate surface area is 295 Å². The predicted molar refractivity (Wildman–Crippen MR) is 194 cm³/mol. The van der Waals surface area contributed by atoms with Crippen molar-refractivity contribution in [1.29, 1.82) is 0 Å². The number of aromatic carboxylic acids is 2. The van der Waals surface area contributed by atoms with E-state index in [0.717, 1.165) is 58.0 Å². The van der Waals surface area contributed by atoms with Crippen LogP contribution in [0.1, 0.15) is 80.5 Å². The van der Waals surface area contributed by atoms with E-state index >= 15 is 0 Å². The van der Waals surface area contributed by atoms with Gasteiger partial charge < -0.3 is 21.7 Å². The number of aromatic nitrogens is 2. The number of benzene rings is 2. The lowest BCUT2D eigenvalue weighted by molar-refractivity contribution is 0.0683. The molecule has 2 aliphatic rings. The fraction of sp³-hybridized carbons (Fsp3) is 0.200. The number of anilines is 2. The SMILES string of the molecule is Cc1c(-c2cccc(N)c2)c(F)cn2c(=O)c(C(=O)O)cc(C3CC3)c12.Cc1c(-c2cccc(N)c2)c(F)cn2c(=O)c(C(=O)O)cc(C3CC3)c12. The van der Waals surface area contributed by atoms with Crippen molar-refractivity contribution in [1.82, 2.24) is 8.80 Å². The zero-order valence-corrected chi connectivity index (χ0v) is 28.2. The van der Waals surface area contributed by atoms with Gasteiger partial charge in [0, 0.05) is 34.9 Å². The fourth-order valence-corrected chi connectivity index (χ4v) is 7.12. The van der Waals surface area contributed by atoms with Gasteiger partial charge in [0.15, 0.2) is 0 Å². The number of hydrogen-bond donors (Lipinski definition) is 4. The first-order valence-corrected chi connectivity index (χ1v) is 16.7. The molecule has 0 atom stereocenters. The highest BCUT2D eigenvalue weighted by atomic mass is 19.1. The van der Waals surface area contributed by atoms with Crippen LogP contribution in [0, 0.1) is 25.5 Å². The number of rotatable bonds is 6. The lowest BCUT2D eigenvalue weighted by Crippen LogP contribution is -2.24. The molecule has 0 unspecified atom stereocenters. The molecule has 0 bridgehead atoms. The van der Waals surface area contributed by atoms with Crippen LogP contribution in [0.15, 0.2) is 82.6 Å². The lowest BCUT2D eigenvalue weighted by atomic mass is 9.96. The summed E-state index contributed by atoms with van der Waals surface area (Å²) in [5, 5.41) is 18.7. The van der Waals surface area contributed by atoms with Gasteiger partial charge in [-0.05, 0) is 121 Å². The summed E-state index contributed by atoms with van der Waals surface area (Å²) in [6.45, 7) is 3.51. The van der Waals surface area contributed by atoms with Gasteiger partial charge in [0.25, 0.3) is 11.1 Å². The number of nitrogen functional groups attached to an aromatic ring is 2. The molecule has 0 amide bonds. The van der Waals surface area contributed by atoms with Gasteiger partial charge in [-0.25, -0.2) is 18.4 Å². The first kappa shape index (κ1) is 34.2. The maximum atomic E-state index is 14.9. The fourth-order valence-electron chi connectivity index (χ4n) is 7.12. The summed E-state index contributed by atoms with van der Waals surface area (Å²) in [5.74, 6) is -3.39. The minimum Gasteiger partial charge on any atom is -0.477 e. The zero-order chi connectivity index (χ0) is 37.2. The molecule has 52 heavy (non-hydrogen) atoms. The highest BCUT2D eigenvalue weighted by molar-refractivity contribution is 5.90. The Hall–Kier alpha value is -6.30. The summed E-state index contributed by atoms with van der Waals surface area (Å²) in [5.41, 5.74) is 16.5. The largest absolute Gasteiger partial charge is 0.477 e. The Morgan fingerprint density at radius 3 is 1.33 bits per heavy atom. The molecule has 2 aliphatic carbocycles. The molecule has 2 aromatic carbocycles. The number of hydrogen-bond acceptors (Lipinski definition) is 6. The number of carboxylic acid groups (broad SMARTS) is 2. The second-order valence-electron chi connectivity index (χ2n) is 13.4. The summed E-state index contributed by atoms with van der Waals surface area (Å²) in [7, 11) is 0. The third-order valence-corrected chi connectivity index (χ3v) is 9.80. The van der Waals surface area contributed by atoms with Crippen LogP contribution in [0.3, 0.4) is 0 Å². The van der Waals surface area contributed by atoms with Crippen molar-refractivity contribution in [2.45, 2.75) is 51.4 Å². The molecule has 2 saturated carbocycles. The number of halogens is 2. The summed E-state index contributed by atoms with van der Waals surface area (Å²) >= 11 is 0. The van der Waals surface area contributed by atoms with Crippen LogP contribution < -0.4 is 22.6 Å². The molecule has 10 nitrogen and oxygen atoms in total. The molecule has 6 aromatic rings. The van der Waals surface area contributed by atoms with E-state index in [2.05, 4.69) is 0 Å². The van der Waals surface area contributed by atoms with Gasteiger partial charge >= 0.3 is 11.9 Å². The van der Waals surface area contributed by atoms with Gasteiger partial charge in [-0.3, -0.25) is 18.4 Å². The number of fused-ring (bicyclic) bond motifs is 2. The normalized spacial score (nSPS) is 13.9. The number of nitrogens with zero attached hydrogens (tertiary/aromatic N) is 2. The minimum absolute atomic E-state index is 0.196. The van der Waals surface area contributed by atoms with Crippen LogP contribution in [0.2, 0.25) is 0 Å². The van der Waals surface area contributed by atoms with Crippen LogP contribution >= 0.6 is 0 Å². The number of carbonyl (C=O) groups is 2. The molecular formula is C40H34F2N4O6. The van der Waals surface area contributed by atoms with Crippen LogP contribution in [0.4, 0.5) is 20.2 Å². The topological polar surface area (TPSA) is 170 Å². The van der Waals surface area contributed by atoms with Crippen LogP contribution in [-0.2, 0) is 0 Å². The van der Waals surface area contributed by atoms with Crippen LogP contribution in [-0.4, -0.2) is 31.0 Å². The Kier molecular flexibility index (Phi) is 8.40. The minimum atomic E-state index is -1.30. The van der Waals surface area contributed by atoms with Crippen molar-refractivity contribution < 1.29 is 28.6 Å². The lowest BCUT2D eigenvalue weighted by Gasteiger charge is -2.16. The summed E-state index contributed by atoms with van der Waals surface area (Å²) < 4.78 is 32.1. The molecule has 2 fully saturated rings. The maximum Gasteiger partial charge on any atom is 0.341 e. The second-order valence-corrected chi connectivity index (χ2v) is 13.4. The third-order valence-electron chi connectivity index (χ3n) is 9.80. The van der Waals surface area contributed by atoms with Gasteiger partial charge in [0.05, 0.1) is 11.0 Å². The Balaban J connectivity index is 0.000000162. The van der Waals surface area contributed by atoms with E-state index in [4.69, 9.17) is 11.5 Å². The molecule has 8 rings (SSSR count). The van der Waals surface area contributed by atoms with Crippen molar-refractivity contribution >= 4 is 34.3 Å². The number of carboxylic acids is 2. The summed E-state index contributed by atoms with van der Waals surface area (Å²) in [4.78, 5) is 48.0. The molecule has 12 heteroatoms. The standard InChI is InChI=1S/2C20H17FN2O3/c2*1-10-17(12-3-2-4-13(22)7-12)16(21)9-23-18(10)14(11-5-6-11)8-15(19(23)24)20(25)26/h2*2-4,7-9,11H,5-6,22H2,1H3,(H,25,26). The first-order chi connectivity index (χ1) is 24.8. The third kappa shape index (κ3) is 5.95. The number of pyridine rings is 4. The van der Waals surface area contributed by atoms with Crippen molar-refractivity contribution in [3.05, 3.63) is 139 Å². The number of aryl methyl sites for hydroxylation is 2. The average molecular weight is 705 g/mol. The molecular weight excluding hydrogens is 670 g/mol. The van der Waals surface area contributed by atoms with Crippen molar-refractivity contribution in [3.63, 3.8) is 0 Å². The van der Waals surface area contributed by atoms with E-state index in [9.17, 15) is 38.2 Å². The van der Waals surface area contributed by atoms with Gasteiger partial charge in [0.2, 0.25) is 0 Å². The van der Waals surface area contributed by atoms with Gasteiger partial charge in [-0.15, -0.1) is 0 Å². The molecule has 4 aromatic heterocycles. The van der Waals surface area contributed by atoms with E-state index in [1.54, 1.807) is 62.4 Å². The highest BCUT2D eigenvalue weighted by Gasteiger charge is 2.31. The Morgan fingerprint density at radius 2 is 1.02 bits per heavy atom. The summed E-state index contributed by atoms with van der Waals surface area (Å²) in [6, 6.07) is 16.7. The molecule has 6 N–H and O–H groups in total. The molecule has 0 spiro atoms. The smallest absolute Gasteiger partial charge is 0.341 e. The van der Waals surface area contributed by atoms with Crippen molar-refractivity contribution in [3.8, 4) is 22.3 Å². The molecule has 4 heterocycles. The highest BCUT2D eigenvalue weighted by Crippen LogP contribution is 2.45. The Morgan fingerprint density at radius 1 is 0.654 bits per heavy atom. The Bertz CT molecular complexity index is 2440. The van der Waals surface area contributed by atoms with E-state index in [0.29, 0.717) is 55.8 Å². The molecule has 264 valence electrons. The van der Waals surface area contributed by atoms with Gasteiger partial charge in [-0.2, -0.15) is 0 Å². The van der Waals surface area contributed by atoms with Crippen LogP contribution in [0.25, 0.3) is 33.3 Å². The molecule has 0 radical (unpaired) electrons. The van der Waals surface area contributed by atoms with E-state index in [1.807, 2.05) is 0 Å². The van der Waals surface area contributed by atoms with Gasteiger partial charge in [-0.1, -0.05) is 24.3 Å². The summed E-state index contributed by atoms with van der Waals surface area (Å²) in [6.07, 6.45) is 5.88. The van der Waals surface area contributed by atoms with Crippen molar-refractivity contribution in [2.75, 3.05) is 11.5 Å². The number of nitrogens with two attached hydrogens (primary N) is 2. The average Bonchev–Trinajstić information content (AvgIpc) is 4.01. The predicted octanol–water partition coefficient (Wildman–Crippen LogP) is 7.14. The second kappa shape index (κ2) is 12.8. The van der Waals surface area contributed by atoms with Crippen molar-refractivity contribution in [2.24, 2.45) is 0 Å². The molecule has 0 aliphatic heterocycles.